The average molecular weight is 355 g/mol. The Labute approximate surface area is 137 Å². The molecule has 0 saturated carbocycles. The van der Waals surface area contributed by atoms with Crippen LogP contribution in [0.5, 0.6) is 0 Å². The lowest BCUT2D eigenvalue weighted by molar-refractivity contribution is -0.353. The van der Waals surface area contributed by atoms with Crippen molar-refractivity contribution >= 4 is 24.1 Å². The van der Waals surface area contributed by atoms with Crippen molar-refractivity contribution in [2.24, 2.45) is 0 Å². The predicted molar refractivity (Wildman–Crippen MR) is 88.8 cm³/mol. The van der Waals surface area contributed by atoms with Gasteiger partial charge in [-0.25, -0.2) is 0 Å². The molecule has 0 aromatic heterocycles. The molecular weight excluding hydrogens is 324 g/mol. The molecule has 0 spiro atoms. The summed E-state index contributed by atoms with van der Waals surface area (Å²) in [7, 11) is 7.61. The minimum absolute atomic E-state index is 0.439. The monoisotopic (exact) mass is 354 g/mol. The Morgan fingerprint density at radius 2 is 0.955 bits per heavy atom. The Morgan fingerprint density at radius 1 is 0.682 bits per heavy atom. The molecule has 0 N–H and O–H groups in total. The van der Waals surface area contributed by atoms with Gasteiger partial charge in [0.15, 0.2) is 0 Å². The molecule has 0 radical (unpaired) electrons. The summed E-state index contributed by atoms with van der Waals surface area (Å²) in [4.78, 5) is 12.0. The number of ether oxygens (including phenoxy) is 6. The summed E-state index contributed by atoms with van der Waals surface area (Å²) < 4.78 is 31.3. The molecule has 0 fully saturated rings. The molecule has 0 aliphatic rings. The molecule has 0 bridgehead atoms. The van der Waals surface area contributed by atoms with E-state index in [1.165, 1.54) is 42.7 Å². The van der Waals surface area contributed by atoms with Crippen molar-refractivity contribution in [1.82, 2.24) is 0 Å². The van der Waals surface area contributed by atoms with Crippen LogP contribution in [-0.2, 0) is 28.4 Å². The lowest BCUT2D eigenvalue weighted by Gasteiger charge is -2.28. The lowest BCUT2D eigenvalue weighted by atomic mass is 10.4. The summed E-state index contributed by atoms with van der Waals surface area (Å²) in [5.41, 5.74) is 0. The highest BCUT2D eigenvalue weighted by atomic mass is 28.3. The summed E-state index contributed by atoms with van der Waals surface area (Å²) in [6.45, 7) is 0. The second kappa shape index (κ2) is 11.4. The van der Waals surface area contributed by atoms with E-state index in [0.29, 0.717) is 17.9 Å². The molecule has 0 aromatic rings. The van der Waals surface area contributed by atoms with Crippen molar-refractivity contribution < 1.29 is 33.2 Å². The third kappa shape index (κ3) is 6.96. The van der Waals surface area contributed by atoms with Crippen LogP contribution in [0.15, 0.2) is 0 Å². The van der Waals surface area contributed by atoms with E-state index in [-0.39, 0.29) is 0 Å². The molecule has 0 aromatic carbocycles. The second-order valence-corrected chi connectivity index (χ2v) is 9.83. The van der Waals surface area contributed by atoms with Crippen molar-refractivity contribution in [3.8, 4) is 0 Å². The van der Waals surface area contributed by atoms with Crippen LogP contribution in [0.3, 0.4) is 0 Å². The predicted octanol–water partition coefficient (Wildman–Crippen LogP) is 0.247. The van der Waals surface area contributed by atoms with E-state index in [1.807, 2.05) is 0 Å². The van der Waals surface area contributed by atoms with Gasteiger partial charge in [0.25, 0.3) is 11.9 Å². The van der Waals surface area contributed by atoms with Gasteiger partial charge < -0.3 is 33.2 Å². The molecule has 7 nitrogen and oxygen atoms in total. The SMILES string of the molecule is COC(CC[SiH2]C(=O)[SiH2]CCC(OC)(OC)OC)(OC)OC. The van der Waals surface area contributed by atoms with Gasteiger partial charge in [-0.1, -0.05) is 0 Å². The number of carbonyl (C=O) groups excluding carboxylic acids is 1. The molecule has 9 heteroatoms. The molecule has 0 amide bonds. The Balaban J connectivity index is 4.06. The highest BCUT2D eigenvalue weighted by Gasteiger charge is 2.30. The van der Waals surface area contributed by atoms with Gasteiger partial charge in [0.2, 0.25) is 0 Å². The number of methoxy groups -OCH3 is 6. The van der Waals surface area contributed by atoms with E-state index < -0.39 is 31.0 Å². The molecule has 132 valence electrons. The van der Waals surface area contributed by atoms with E-state index in [9.17, 15) is 4.79 Å². The average Bonchev–Trinajstić information content (AvgIpc) is 2.56. The fraction of sp³-hybridized carbons (Fsp3) is 0.923. The molecule has 0 saturated heterocycles. The first-order valence-corrected chi connectivity index (χ1v) is 10.7. The number of rotatable bonds is 14. The standard InChI is InChI=1S/C13H30O7Si2/c1-15-12(16-2,17-3)7-9-21-11(14)22-10-8-13(18-4,19-5)20-6/h7-10,21-22H2,1-6H3. The summed E-state index contributed by atoms with van der Waals surface area (Å²) >= 11 is 0. The van der Waals surface area contributed by atoms with Crippen molar-refractivity contribution in [1.29, 1.82) is 0 Å². The zero-order chi connectivity index (χ0) is 17.1. The van der Waals surface area contributed by atoms with E-state index in [1.54, 1.807) is 0 Å². The third-order valence-electron chi connectivity index (χ3n) is 3.74. The normalized spacial score (nSPS) is 13.7. The number of hydrogen-bond donors (Lipinski definition) is 0. The molecule has 0 aliphatic heterocycles. The van der Waals surface area contributed by atoms with E-state index in [0.717, 1.165) is 12.1 Å². The van der Waals surface area contributed by atoms with Crippen LogP contribution >= 0.6 is 0 Å². The maximum absolute atomic E-state index is 12.0. The fourth-order valence-corrected chi connectivity index (χ4v) is 6.75. The van der Waals surface area contributed by atoms with Crippen molar-refractivity contribution in [2.45, 2.75) is 36.9 Å². The van der Waals surface area contributed by atoms with Crippen LogP contribution < -0.4 is 0 Å². The minimum Gasteiger partial charge on any atom is -0.331 e. The van der Waals surface area contributed by atoms with Gasteiger partial charge in [-0.3, -0.25) is 0 Å². The number of hydrogen-bond acceptors (Lipinski definition) is 7. The zero-order valence-corrected chi connectivity index (χ0v) is 17.4. The van der Waals surface area contributed by atoms with Crippen LogP contribution in [-0.4, -0.2) is 78.7 Å². The van der Waals surface area contributed by atoms with Gasteiger partial charge in [-0.2, -0.15) is 0 Å². The minimum atomic E-state index is -1.02. The Hall–Kier alpha value is -0.136. The van der Waals surface area contributed by atoms with Crippen molar-refractivity contribution in [2.75, 3.05) is 42.7 Å². The summed E-state index contributed by atoms with van der Waals surface area (Å²) in [5, 5.41) is 0.439. The second-order valence-electron chi connectivity index (χ2n) is 4.84. The first-order chi connectivity index (χ1) is 10.5. The molecular formula is C13H30O7Si2. The smallest absolute Gasteiger partial charge is 0.281 e. The third-order valence-corrected chi connectivity index (χ3v) is 8.39. The van der Waals surface area contributed by atoms with Gasteiger partial charge in [-0.15, -0.1) is 0 Å². The Morgan fingerprint density at radius 3 is 1.18 bits per heavy atom. The highest BCUT2D eigenvalue weighted by molar-refractivity contribution is 7.03. The summed E-state index contributed by atoms with van der Waals surface area (Å²) in [6.07, 6.45) is 1.14. The molecule has 0 aliphatic carbocycles. The molecule has 0 atom stereocenters. The zero-order valence-electron chi connectivity index (χ0n) is 14.6. The van der Waals surface area contributed by atoms with Crippen molar-refractivity contribution in [3.05, 3.63) is 0 Å². The lowest BCUT2D eigenvalue weighted by Crippen LogP contribution is -2.37. The van der Waals surface area contributed by atoms with Gasteiger partial charge in [0.1, 0.15) is 0 Å². The molecule has 0 rings (SSSR count). The maximum Gasteiger partial charge on any atom is 0.281 e. The van der Waals surface area contributed by atoms with Gasteiger partial charge in [-0.05, 0) is 12.1 Å². The topological polar surface area (TPSA) is 72.5 Å². The van der Waals surface area contributed by atoms with Gasteiger partial charge in [0, 0.05) is 55.5 Å². The first kappa shape index (κ1) is 21.9. The number of carbonyl (C=O) groups is 1. The van der Waals surface area contributed by atoms with E-state index >= 15 is 0 Å². The van der Waals surface area contributed by atoms with Crippen LogP contribution in [0.1, 0.15) is 12.8 Å². The van der Waals surface area contributed by atoms with Crippen molar-refractivity contribution in [3.63, 3.8) is 0 Å². The van der Waals surface area contributed by atoms with Crippen LogP contribution in [0.25, 0.3) is 0 Å². The largest absolute Gasteiger partial charge is 0.331 e. The van der Waals surface area contributed by atoms with Crippen LogP contribution in [0.4, 0.5) is 4.79 Å². The van der Waals surface area contributed by atoms with Crippen LogP contribution in [0, 0.1) is 0 Å². The van der Waals surface area contributed by atoms with E-state index in [2.05, 4.69) is 0 Å². The van der Waals surface area contributed by atoms with Gasteiger partial charge >= 0.3 is 0 Å². The Kier molecular flexibility index (Phi) is 11.3. The molecule has 22 heavy (non-hydrogen) atoms. The summed E-state index contributed by atoms with van der Waals surface area (Å²) in [6, 6.07) is 1.59. The highest BCUT2D eigenvalue weighted by Crippen LogP contribution is 2.20. The van der Waals surface area contributed by atoms with Crippen LogP contribution in [0.2, 0.25) is 12.1 Å². The molecule has 0 unspecified atom stereocenters. The van der Waals surface area contributed by atoms with Gasteiger partial charge in [0.05, 0.1) is 24.1 Å². The fourth-order valence-electron chi connectivity index (χ4n) is 2.24. The molecule has 0 heterocycles. The maximum atomic E-state index is 12.0. The quantitative estimate of drug-likeness (QED) is 0.327. The van der Waals surface area contributed by atoms with E-state index in [4.69, 9.17) is 28.4 Å². The first-order valence-electron chi connectivity index (χ1n) is 7.29. The summed E-state index contributed by atoms with van der Waals surface area (Å²) in [5.74, 6) is -2.04. The Bertz CT molecular complexity index is 262.